The zero-order valence-electron chi connectivity index (χ0n) is 11.0. The van der Waals surface area contributed by atoms with Gasteiger partial charge in [-0.3, -0.25) is 0 Å². The van der Waals surface area contributed by atoms with Gasteiger partial charge < -0.3 is 15.2 Å². The fourth-order valence-electron chi connectivity index (χ4n) is 1.89. The van der Waals surface area contributed by atoms with Crippen LogP contribution >= 0.6 is 0 Å². The van der Waals surface area contributed by atoms with Crippen molar-refractivity contribution in [1.29, 1.82) is 0 Å². The Kier molecular flexibility index (Phi) is 5.17. The Labute approximate surface area is 109 Å². The van der Waals surface area contributed by atoms with Crippen LogP contribution in [0, 0.1) is 5.92 Å². The van der Waals surface area contributed by atoms with E-state index in [1.165, 1.54) is 18.4 Å². The third kappa shape index (κ3) is 4.77. The highest BCUT2D eigenvalue weighted by Gasteiger charge is 2.21. The Morgan fingerprint density at radius 3 is 2.72 bits per heavy atom. The van der Waals surface area contributed by atoms with E-state index in [-0.39, 0.29) is 6.04 Å². The molecule has 3 heteroatoms. The number of hydrogen-bond donors (Lipinski definition) is 2. The first-order valence-electron chi connectivity index (χ1n) is 6.80. The van der Waals surface area contributed by atoms with Crippen LogP contribution in [0.2, 0.25) is 0 Å². The van der Waals surface area contributed by atoms with Gasteiger partial charge in [-0.15, -0.1) is 0 Å². The molecule has 1 fully saturated rings. The van der Waals surface area contributed by atoms with Gasteiger partial charge in [0.15, 0.2) is 0 Å². The molecule has 0 radical (unpaired) electrons. The predicted molar refractivity (Wildman–Crippen MR) is 72.4 cm³/mol. The maximum absolute atomic E-state index is 9.79. The van der Waals surface area contributed by atoms with Gasteiger partial charge in [0.25, 0.3) is 0 Å². The quantitative estimate of drug-likeness (QED) is 0.741. The number of aliphatic hydroxyl groups excluding tert-OH is 1. The van der Waals surface area contributed by atoms with Crippen LogP contribution in [0.15, 0.2) is 30.3 Å². The minimum atomic E-state index is -0.421. The van der Waals surface area contributed by atoms with E-state index >= 15 is 0 Å². The molecule has 0 spiro atoms. The molecule has 0 aromatic heterocycles. The predicted octanol–water partition coefficient (Wildman–Crippen LogP) is 2.12. The SMILES string of the molecule is C[C@H](NCC(O)COCC1CC1)c1ccccc1. The van der Waals surface area contributed by atoms with E-state index < -0.39 is 6.10 Å². The first kappa shape index (κ1) is 13.5. The lowest BCUT2D eigenvalue weighted by molar-refractivity contribution is 0.0315. The van der Waals surface area contributed by atoms with Gasteiger partial charge in [-0.25, -0.2) is 0 Å². The van der Waals surface area contributed by atoms with Crippen molar-refractivity contribution < 1.29 is 9.84 Å². The summed E-state index contributed by atoms with van der Waals surface area (Å²) in [5.41, 5.74) is 1.24. The molecule has 0 heterocycles. The number of nitrogens with one attached hydrogen (secondary N) is 1. The lowest BCUT2D eigenvalue weighted by Crippen LogP contribution is -2.32. The highest BCUT2D eigenvalue weighted by molar-refractivity contribution is 5.17. The van der Waals surface area contributed by atoms with Crippen molar-refractivity contribution in [2.45, 2.75) is 31.9 Å². The van der Waals surface area contributed by atoms with Gasteiger partial charge >= 0.3 is 0 Å². The number of aliphatic hydroxyl groups is 1. The van der Waals surface area contributed by atoms with E-state index in [1.807, 2.05) is 18.2 Å². The van der Waals surface area contributed by atoms with Crippen LogP contribution in [0.3, 0.4) is 0 Å². The van der Waals surface area contributed by atoms with Crippen LogP contribution in [0.25, 0.3) is 0 Å². The summed E-state index contributed by atoms with van der Waals surface area (Å²) in [5.74, 6) is 0.758. The van der Waals surface area contributed by atoms with Gasteiger partial charge in [0.2, 0.25) is 0 Å². The molecule has 2 rings (SSSR count). The van der Waals surface area contributed by atoms with Gasteiger partial charge in [0, 0.05) is 19.2 Å². The molecule has 0 saturated heterocycles. The van der Waals surface area contributed by atoms with Crippen molar-refractivity contribution >= 4 is 0 Å². The second kappa shape index (κ2) is 6.88. The third-order valence-corrected chi connectivity index (χ3v) is 3.32. The third-order valence-electron chi connectivity index (χ3n) is 3.32. The van der Waals surface area contributed by atoms with Crippen LogP contribution in [-0.4, -0.2) is 31.0 Å². The number of ether oxygens (including phenoxy) is 1. The van der Waals surface area contributed by atoms with Crippen molar-refractivity contribution in [3.8, 4) is 0 Å². The molecule has 1 aliphatic carbocycles. The zero-order valence-corrected chi connectivity index (χ0v) is 11.0. The Morgan fingerprint density at radius 1 is 1.33 bits per heavy atom. The summed E-state index contributed by atoms with van der Waals surface area (Å²) in [7, 11) is 0. The summed E-state index contributed by atoms with van der Waals surface area (Å²) >= 11 is 0. The maximum atomic E-state index is 9.79. The van der Waals surface area contributed by atoms with Gasteiger partial charge in [-0.1, -0.05) is 30.3 Å². The lowest BCUT2D eigenvalue weighted by Gasteiger charge is -2.17. The van der Waals surface area contributed by atoms with Crippen molar-refractivity contribution in [3.63, 3.8) is 0 Å². The Balaban J connectivity index is 1.60. The molecule has 1 saturated carbocycles. The smallest absolute Gasteiger partial charge is 0.0897 e. The minimum absolute atomic E-state index is 0.254. The normalized spacial score (nSPS) is 18.6. The monoisotopic (exact) mass is 249 g/mol. The molecular formula is C15H23NO2. The highest BCUT2D eigenvalue weighted by atomic mass is 16.5. The topological polar surface area (TPSA) is 41.5 Å². The fraction of sp³-hybridized carbons (Fsp3) is 0.600. The molecule has 0 bridgehead atoms. The summed E-state index contributed by atoms with van der Waals surface area (Å²) < 4.78 is 5.47. The second-order valence-corrected chi connectivity index (χ2v) is 5.18. The Morgan fingerprint density at radius 2 is 2.06 bits per heavy atom. The molecule has 100 valence electrons. The van der Waals surface area contributed by atoms with Crippen LogP contribution in [-0.2, 0) is 4.74 Å². The Bertz CT molecular complexity index is 338. The van der Waals surface area contributed by atoms with Gasteiger partial charge in [-0.05, 0) is 31.2 Å². The fourth-order valence-corrected chi connectivity index (χ4v) is 1.89. The van der Waals surface area contributed by atoms with Crippen LogP contribution in [0.4, 0.5) is 0 Å². The zero-order chi connectivity index (χ0) is 12.8. The van der Waals surface area contributed by atoms with Crippen LogP contribution in [0.5, 0.6) is 0 Å². The van der Waals surface area contributed by atoms with Crippen molar-refractivity contribution in [2.75, 3.05) is 19.8 Å². The first-order valence-corrected chi connectivity index (χ1v) is 6.80. The van der Waals surface area contributed by atoms with Gasteiger partial charge in [0.05, 0.1) is 12.7 Å². The number of hydrogen-bond acceptors (Lipinski definition) is 3. The maximum Gasteiger partial charge on any atom is 0.0897 e. The van der Waals surface area contributed by atoms with E-state index in [2.05, 4.69) is 24.4 Å². The van der Waals surface area contributed by atoms with Crippen LogP contribution < -0.4 is 5.32 Å². The summed E-state index contributed by atoms with van der Waals surface area (Å²) in [4.78, 5) is 0. The highest BCUT2D eigenvalue weighted by Crippen LogP contribution is 2.28. The van der Waals surface area contributed by atoms with Crippen molar-refractivity contribution in [2.24, 2.45) is 5.92 Å². The van der Waals surface area contributed by atoms with E-state index in [0.29, 0.717) is 13.2 Å². The van der Waals surface area contributed by atoms with Gasteiger partial charge in [0.1, 0.15) is 0 Å². The average molecular weight is 249 g/mol. The molecule has 0 aliphatic heterocycles. The largest absolute Gasteiger partial charge is 0.389 e. The molecule has 3 nitrogen and oxygen atoms in total. The molecule has 1 aliphatic rings. The Hall–Kier alpha value is -0.900. The van der Waals surface area contributed by atoms with E-state index in [9.17, 15) is 5.11 Å². The van der Waals surface area contributed by atoms with Crippen molar-refractivity contribution in [3.05, 3.63) is 35.9 Å². The number of benzene rings is 1. The molecule has 2 atom stereocenters. The second-order valence-electron chi connectivity index (χ2n) is 5.18. The molecule has 0 amide bonds. The van der Waals surface area contributed by atoms with E-state index in [0.717, 1.165) is 12.5 Å². The van der Waals surface area contributed by atoms with Gasteiger partial charge in [-0.2, -0.15) is 0 Å². The first-order chi connectivity index (χ1) is 8.75. The summed E-state index contributed by atoms with van der Waals surface area (Å²) in [6.07, 6.45) is 2.16. The van der Waals surface area contributed by atoms with Crippen molar-refractivity contribution in [1.82, 2.24) is 5.32 Å². The molecule has 1 aromatic carbocycles. The molecule has 1 unspecified atom stereocenters. The summed E-state index contributed by atoms with van der Waals surface area (Å²) in [6.45, 7) is 3.92. The standard InChI is InChI=1S/C15H23NO2/c1-12(14-5-3-2-4-6-14)16-9-15(17)11-18-10-13-7-8-13/h2-6,12-13,15-17H,7-11H2,1H3/t12-,15?/m0/s1. The molecule has 1 aromatic rings. The summed E-state index contributed by atoms with van der Waals surface area (Å²) in [6, 6.07) is 10.5. The minimum Gasteiger partial charge on any atom is -0.389 e. The lowest BCUT2D eigenvalue weighted by atomic mass is 10.1. The average Bonchev–Trinajstić information content (AvgIpc) is 3.21. The summed E-state index contributed by atoms with van der Waals surface area (Å²) in [5, 5.41) is 13.1. The van der Waals surface area contributed by atoms with Crippen LogP contribution in [0.1, 0.15) is 31.4 Å². The molecular weight excluding hydrogens is 226 g/mol. The van der Waals surface area contributed by atoms with E-state index in [4.69, 9.17) is 4.74 Å². The molecule has 18 heavy (non-hydrogen) atoms. The molecule has 2 N–H and O–H groups in total. The van der Waals surface area contributed by atoms with E-state index in [1.54, 1.807) is 0 Å². The number of rotatable bonds is 8.